The van der Waals surface area contributed by atoms with E-state index < -0.39 is 0 Å². The molecule has 0 atom stereocenters. The van der Waals surface area contributed by atoms with E-state index in [1.165, 1.54) is 0 Å². The van der Waals surface area contributed by atoms with Crippen molar-refractivity contribution in [1.29, 1.82) is 0 Å². The van der Waals surface area contributed by atoms with Gasteiger partial charge in [-0.25, -0.2) is 0 Å². The van der Waals surface area contributed by atoms with E-state index in [1.54, 1.807) is 0 Å². The van der Waals surface area contributed by atoms with Gasteiger partial charge in [-0.2, -0.15) is 5.10 Å². The summed E-state index contributed by atoms with van der Waals surface area (Å²) in [5, 5.41) is 4.62. The summed E-state index contributed by atoms with van der Waals surface area (Å²) in [6, 6.07) is 28.3. The monoisotopic (exact) mass is 350 g/mol. The Labute approximate surface area is 138 Å². The van der Waals surface area contributed by atoms with Gasteiger partial charge in [-0.15, -0.1) is 0 Å². The Morgan fingerprint density at radius 2 is 1.18 bits per heavy atom. The van der Waals surface area contributed by atoms with Gasteiger partial charge < -0.3 is 0 Å². The molecule has 0 saturated carbocycles. The van der Waals surface area contributed by atoms with Crippen molar-refractivity contribution >= 4 is 27.3 Å². The second-order valence-corrected chi connectivity index (χ2v) is 5.73. The maximum absolute atomic E-state index is 4.62. The van der Waals surface area contributed by atoms with E-state index in [1.807, 2.05) is 60.7 Å². The van der Waals surface area contributed by atoms with Crippen molar-refractivity contribution in [1.82, 2.24) is 0 Å². The number of anilines is 1. The van der Waals surface area contributed by atoms with Crippen LogP contribution in [-0.2, 0) is 0 Å². The number of benzene rings is 3. The van der Waals surface area contributed by atoms with E-state index in [0.717, 1.165) is 27.0 Å². The summed E-state index contributed by atoms with van der Waals surface area (Å²) in [5.41, 5.74) is 7.17. The highest BCUT2D eigenvalue weighted by atomic mass is 79.9. The van der Waals surface area contributed by atoms with Gasteiger partial charge in [-0.05, 0) is 24.3 Å². The Kier molecular flexibility index (Phi) is 4.66. The summed E-state index contributed by atoms with van der Waals surface area (Å²) < 4.78 is 1.05. The van der Waals surface area contributed by atoms with Crippen LogP contribution < -0.4 is 5.43 Å². The molecular formula is C19H15BrN2. The summed E-state index contributed by atoms with van der Waals surface area (Å²) in [6.07, 6.45) is 0. The molecule has 0 aliphatic carbocycles. The Morgan fingerprint density at radius 1 is 0.682 bits per heavy atom. The highest BCUT2D eigenvalue weighted by molar-refractivity contribution is 9.10. The molecule has 0 spiro atoms. The lowest BCUT2D eigenvalue weighted by Crippen LogP contribution is -2.06. The predicted octanol–water partition coefficient (Wildman–Crippen LogP) is 5.31. The van der Waals surface area contributed by atoms with Crippen molar-refractivity contribution < 1.29 is 0 Å². The first-order valence-corrected chi connectivity index (χ1v) is 7.82. The van der Waals surface area contributed by atoms with Gasteiger partial charge in [0.15, 0.2) is 0 Å². The van der Waals surface area contributed by atoms with Crippen molar-refractivity contribution in [3.05, 3.63) is 101 Å². The molecule has 0 bridgehead atoms. The Hall–Kier alpha value is -2.39. The van der Waals surface area contributed by atoms with E-state index in [4.69, 9.17) is 0 Å². The van der Waals surface area contributed by atoms with Crippen LogP contribution in [0, 0.1) is 0 Å². The van der Waals surface area contributed by atoms with Gasteiger partial charge >= 0.3 is 0 Å². The normalized spacial score (nSPS) is 10.0. The van der Waals surface area contributed by atoms with E-state index in [-0.39, 0.29) is 0 Å². The van der Waals surface area contributed by atoms with Crippen molar-refractivity contribution in [3.8, 4) is 0 Å². The van der Waals surface area contributed by atoms with Gasteiger partial charge in [0, 0.05) is 15.6 Å². The molecule has 0 fully saturated rings. The van der Waals surface area contributed by atoms with Crippen LogP contribution >= 0.6 is 15.9 Å². The third-order valence-electron chi connectivity index (χ3n) is 3.24. The molecule has 0 amide bonds. The molecule has 2 nitrogen and oxygen atoms in total. The van der Waals surface area contributed by atoms with E-state index in [0.29, 0.717) is 0 Å². The number of halogens is 1. The first kappa shape index (κ1) is 14.5. The first-order chi connectivity index (χ1) is 10.8. The number of hydrogen-bond donors (Lipinski definition) is 1. The van der Waals surface area contributed by atoms with Crippen molar-refractivity contribution in [3.63, 3.8) is 0 Å². The van der Waals surface area contributed by atoms with E-state index >= 15 is 0 Å². The van der Waals surface area contributed by atoms with Gasteiger partial charge in [0.1, 0.15) is 0 Å². The summed E-state index contributed by atoms with van der Waals surface area (Å²) in [5.74, 6) is 0. The number of nitrogens with zero attached hydrogens (tertiary/aromatic N) is 1. The number of hydrogen-bond acceptors (Lipinski definition) is 2. The Morgan fingerprint density at radius 3 is 1.68 bits per heavy atom. The minimum absolute atomic E-state index is 0.920. The first-order valence-electron chi connectivity index (χ1n) is 7.03. The molecule has 3 aromatic carbocycles. The zero-order chi connectivity index (χ0) is 15.2. The second-order valence-electron chi connectivity index (χ2n) is 4.81. The predicted molar refractivity (Wildman–Crippen MR) is 96.3 cm³/mol. The van der Waals surface area contributed by atoms with Crippen molar-refractivity contribution in [2.75, 3.05) is 5.43 Å². The molecule has 3 heteroatoms. The zero-order valence-electron chi connectivity index (χ0n) is 11.9. The summed E-state index contributed by atoms with van der Waals surface area (Å²) in [4.78, 5) is 0. The molecule has 108 valence electrons. The fourth-order valence-electron chi connectivity index (χ4n) is 2.13. The van der Waals surface area contributed by atoms with Crippen LogP contribution in [0.2, 0.25) is 0 Å². The van der Waals surface area contributed by atoms with Crippen LogP contribution in [0.4, 0.5) is 5.69 Å². The highest BCUT2D eigenvalue weighted by Crippen LogP contribution is 2.16. The molecule has 0 radical (unpaired) electrons. The van der Waals surface area contributed by atoms with Gasteiger partial charge in [-0.3, -0.25) is 5.43 Å². The van der Waals surface area contributed by atoms with E-state index in [9.17, 15) is 0 Å². The summed E-state index contributed by atoms with van der Waals surface area (Å²) in [7, 11) is 0. The molecule has 3 rings (SSSR count). The van der Waals surface area contributed by atoms with E-state index in [2.05, 4.69) is 50.7 Å². The molecule has 1 N–H and O–H groups in total. The van der Waals surface area contributed by atoms with Gasteiger partial charge in [0.2, 0.25) is 0 Å². The molecule has 0 aliphatic heterocycles. The number of rotatable bonds is 4. The van der Waals surface area contributed by atoms with Gasteiger partial charge in [0.05, 0.1) is 11.4 Å². The lowest BCUT2D eigenvalue weighted by molar-refractivity contribution is 1.32. The number of nitrogens with one attached hydrogen (secondary N) is 1. The molecule has 0 aromatic heterocycles. The summed E-state index contributed by atoms with van der Waals surface area (Å²) in [6.45, 7) is 0. The highest BCUT2D eigenvalue weighted by Gasteiger charge is 2.06. The Balaban J connectivity index is 1.95. The molecule has 22 heavy (non-hydrogen) atoms. The average molecular weight is 351 g/mol. The lowest BCUT2D eigenvalue weighted by Gasteiger charge is -2.08. The summed E-state index contributed by atoms with van der Waals surface area (Å²) >= 11 is 3.44. The lowest BCUT2D eigenvalue weighted by atomic mass is 10.0. The largest absolute Gasteiger partial charge is 0.278 e. The van der Waals surface area contributed by atoms with Crippen LogP contribution in [0.25, 0.3) is 0 Å². The van der Waals surface area contributed by atoms with Gasteiger partial charge in [-0.1, -0.05) is 76.6 Å². The number of hydrazone groups is 1. The minimum atomic E-state index is 0.920. The van der Waals surface area contributed by atoms with Crippen LogP contribution in [-0.4, -0.2) is 5.71 Å². The zero-order valence-corrected chi connectivity index (χ0v) is 13.5. The van der Waals surface area contributed by atoms with Crippen molar-refractivity contribution in [2.45, 2.75) is 0 Å². The standard InChI is InChI=1S/C19H15BrN2/c20-17-11-13-18(14-12-17)21-22-19(15-7-3-1-4-8-15)16-9-5-2-6-10-16/h1-14,21H. The third-order valence-corrected chi connectivity index (χ3v) is 3.76. The van der Waals surface area contributed by atoms with Crippen LogP contribution in [0.5, 0.6) is 0 Å². The smallest absolute Gasteiger partial charge is 0.0977 e. The SMILES string of the molecule is Brc1ccc(NN=C(c2ccccc2)c2ccccc2)cc1. The van der Waals surface area contributed by atoms with Crippen LogP contribution in [0.3, 0.4) is 0 Å². The maximum Gasteiger partial charge on any atom is 0.0977 e. The van der Waals surface area contributed by atoms with Crippen LogP contribution in [0.1, 0.15) is 11.1 Å². The quantitative estimate of drug-likeness (QED) is 0.500. The topological polar surface area (TPSA) is 24.4 Å². The molecular weight excluding hydrogens is 336 g/mol. The molecule has 0 heterocycles. The van der Waals surface area contributed by atoms with Gasteiger partial charge in [0.25, 0.3) is 0 Å². The maximum atomic E-state index is 4.62. The molecule has 3 aromatic rings. The third kappa shape index (κ3) is 3.62. The second kappa shape index (κ2) is 7.05. The van der Waals surface area contributed by atoms with Crippen LogP contribution in [0.15, 0.2) is 94.5 Å². The minimum Gasteiger partial charge on any atom is -0.278 e. The van der Waals surface area contributed by atoms with Crippen molar-refractivity contribution in [2.24, 2.45) is 5.10 Å². The fourth-order valence-corrected chi connectivity index (χ4v) is 2.40. The average Bonchev–Trinajstić information content (AvgIpc) is 2.59. The molecule has 0 unspecified atom stereocenters. The fraction of sp³-hybridized carbons (Fsp3) is 0. The molecule has 0 saturated heterocycles. The Bertz CT molecular complexity index is 709. The molecule has 0 aliphatic rings.